The summed E-state index contributed by atoms with van der Waals surface area (Å²) in [6.07, 6.45) is 0.709. The second-order valence-corrected chi connectivity index (χ2v) is 6.74. The second-order valence-electron chi connectivity index (χ2n) is 6.36. The van der Waals surface area contributed by atoms with Crippen molar-refractivity contribution in [2.24, 2.45) is 17.8 Å². The van der Waals surface area contributed by atoms with Gasteiger partial charge >= 0.3 is 0 Å². The van der Waals surface area contributed by atoms with E-state index in [1.54, 1.807) is 12.1 Å². The molecule has 0 aliphatic rings. The van der Waals surface area contributed by atoms with E-state index in [0.29, 0.717) is 30.1 Å². The molecule has 116 valence electrons. The molecule has 21 heavy (non-hydrogen) atoms. The predicted molar refractivity (Wildman–Crippen MR) is 87.3 cm³/mol. The molecule has 0 aliphatic heterocycles. The number of imidazole rings is 1. The lowest BCUT2D eigenvalue weighted by Gasteiger charge is -2.26. The average molecular weight is 311 g/mol. The molecule has 0 bridgehead atoms. The monoisotopic (exact) mass is 310 g/mol. The third-order valence-corrected chi connectivity index (χ3v) is 4.40. The molecule has 0 aliphatic carbocycles. The summed E-state index contributed by atoms with van der Waals surface area (Å²) in [6.45, 7) is 9.83. The van der Waals surface area contributed by atoms with Crippen LogP contribution in [0.1, 0.15) is 33.5 Å². The van der Waals surface area contributed by atoms with Gasteiger partial charge in [0, 0.05) is 18.8 Å². The van der Waals surface area contributed by atoms with E-state index in [1.807, 2.05) is 0 Å². The number of aryl methyl sites for hydroxylation is 1. The molecule has 0 fully saturated rings. The number of alkyl halides is 1. The van der Waals surface area contributed by atoms with Crippen LogP contribution < -0.4 is 0 Å². The Morgan fingerprint density at radius 3 is 2.43 bits per heavy atom. The van der Waals surface area contributed by atoms with E-state index in [2.05, 4.69) is 37.2 Å². The fourth-order valence-corrected chi connectivity index (χ4v) is 3.20. The quantitative estimate of drug-likeness (QED) is 0.695. The van der Waals surface area contributed by atoms with Crippen LogP contribution in [0.4, 0.5) is 4.39 Å². The van der Waals surface area contributed by atoms with E-state index in [0.717, 1.165) is 23.4 Å². The van der Waals surface area contributed by atoms with Gasteiger partial charge < -0.3 is 4.57 Å². The van der Waals surface area contributed by atoms with Crippen LogP contribution in [0.25, 0.3) is 11.0 Å². The standard InChI is InChI=1S/C17H24ClFN2/c1-11(2)14(12(3)4)10-21-16-9-13(19)5-6-15(16)20-17(21)7-8-18/h5-6,9,11-12,14H,7-8,10H2,1-4H3. The zero-order valence-electron chi connectivity index (χ0n) is 13.2. The summed E-state index contributed by atoms with van der Waals surface area (Å²) < 4.78 is 15.8. The number of hydrogen-bond acceptors (Lipinski definition) is 1. The molecule has 0 N–H and O–H groups in total. The number of benzene rings is 1. The minimum absolute atomic E-state index is 0.216. The van der Waals surface area contributed by atoms with Gasteiger partial charge in [-0.25, -0.2) is 9.37 Å². The lowest BCUT2D eigenvalue weighted by Crippen LogP contribution is -2.23. The van der Waals surface area contributed by atoms with Crippen LogP contribution in [-0.2, 0) is 13.0 Å². The largest absolute Gasteiger partial charge is 0.328 e. The third-order valence-electron chi connectivity index (χ3n) is 4.21. The SMILES string of the molecule is CC(C)C(Cn1c(CCCl)nc2ccc(F)cc21)C(C)C. The van der Waals surface area contributed by atoms with Crippen molar-refractivity contribution in [1.29, 1.82) is 0 Å². The van der Waals surface area contributed by atoms with E-state index in [1.165, 1.54) is 6.07 Å². The molecule has 0 atom stereocenters. The maximum atomic E-state index is 13.6. The molecule has 0 amide bonds. The van der Waals surface area contributed by atoms with Crippen molar-refractivity contribution in [2.75, 3.05) is 5.88 Å². The number of halogens is 2. The van der Waals surface area contributed by atoms with Crippen LogP contribution in [0.15, 0.2) is 18.2 Å². The Bertz CT molecular complexity index is 596. The van der Waals surface area contributed by atoms with Gasteiger partial charge in [-0.1, -0.05) is 27.7 Å². The second kappa shape index (κ2) is 6.78. The van der Waals surface area contributed by atoms with E-state index >= 15 is 0 Å². The van der Waals surface area contributed by atoms with Crippen LogP contribution in [0.2, 0.25) is 0 Å². The average Bonchev–Trinajstić information content (AvgIpc) is 2.72. The molecule has 0 saturated heterocycles. The Hall–Kier alpha value is -1.09. The van der Waals surface area contributed by atoms with Gasteiger partial charge in [-0.05, 0) is 36.0 Å². The van der Waals surface area contributed by atoms with Crippen molar-refractivity contribution >= 4 is 22.6 Å². The highest BCUT2D eigenvalue weighted by Gasteiger charge is 2.21. The van der Waals surface area contributed by atoms with E-state index in [-0.39, 0.29) is 5.82 Å². The molecule has 2 rings (SSSR count). The number of rotatable bonds is 6. The zero-order valence-corrected chi connectivity index (χ0v) is 14.0. The molecule has 2 nitrogen and oxygen atoms in total. The van der Waals surface area contributed by atoms with Crippen LogP contribution in [0.5, 0.6) is 0 Å². The number of nitrogens with zero attached hydrogens (tertiary/aromatic N) is 2. The van der Waals surface area contributed by atoms with Crippen molar-refractivity contribution in [3.8, 4) is 0 Å². The minimum atomic E-state index is -0.216. The smallest absolute Gasteiger partial charge is 0.125 e. The van der Waals surface area contributed by atoms with Gasteiger partial charge in [0.25, 0.3) is 0 Å². The van der Waals surface area contributed by atoms with Crippen LogP contribution >= 0.6 is 11.6 Å². The van der Waals surface area contributed by atoms with Gasteiger partial charge in [0.2, 0.25) is 0 Å². The number of fused-ring (bicyclic) bond motifs is 1. The third kappa shape index (κ3) is 3.57. The first-order valence-electron chi connectivity index (χ1n) is 7.64. The Balaban J connectivity index is 2.48. The van der Waals surface area contributed by atoms with Crippen LogP contribution in [0.3, 0.4) is 0 Å². The van der Waals surface area contributed by atoms with Crippen molar-refractivity contribution in [3.63, 3.8) is 0 Å². The Kier molecular flexibility index (Phi) is 5.26. The highest BCUT2D eigenvalue weighted by molar-refractivity contribution is 6.17. The van der Waals surface area contributed by atoms with Crippen molar-refractivity contribution in [1.82, 2.24) is 9.55 Å². The molecule has 0 saturated carbocycles. The van der Waals surface area contributed by atoms with Gasteiger partial charge in [0.1, 0.15) is 11.6 Å². The fourth-order valence-electron chi connectivity index (χ4n) is 3.03. The first-order chi connectivity index (χ1) is 9.93. The predicted octanol–water partition coefficient (Wildman–Crippen LogP) is 4.88. The van der Waals surface area contributed by atoms with Gasteiger partial charge in [-0.2, -0.15) is 0 Å². The van der Waals surface area contributed by atoms with Gasteiger partial charge in [-0.3, -0.25) is 0 Å². The Labute approximate surface area is 131 Å². The molecule has 0 unspecified atom stereocenters. The summed E-state index contributed by atoms with van der Waals surface area (Å²) in [6, 6.07) is 4.79. The molecule has 0 spiro atoms. The lowest BCUT2D eigenvalue weighted by atomic mass is 9.85. The summed E-state index contributed by atoms with van der Waals surface area (Å²) in [5, 5.41) is 0. The maximum absolute atomic E-state index is 13.6. The molecule has 0 radical (unpaired) electrons. The lowest BCUT2D eigenvalue weighted by molar-refractivity contribution is 0.252. The fraction of sp³-hybridized carbons (Fsp3) is 0.588. The number of aromatic nitrogens is 2. The first kappa shape index (κ1) is 16.3. The van der Waals surface area contributed by atoms with Crippen molar-refractivity contribution in [3.05, 3.63) is 29.8 Å². The van der Waals surface area contributed by atoms with Gasteiger partial charge in [0.15, 0.2) is 0 Å². The molecule has 2 aromatic rings. The molecule has 1 heterocycles. The molecular weight excluding hydrogens is 287 g/mol. The number of hydrogen-bond donors (Lipinski definition) is 0. The van der Waals surface area contributed by atoms with E-state index in [9.17, 15) is 4.39 Å². The first-order valence-corrected chi connectivity index (χ1v) is 8.18. The molecule has 1 aromatic heterocycles. The van der Waals surface area contributed by atoms with Gasteiger partial charge in [0.05, 0.1) is 11.0 Å². The van der Waals surface area contributed by atoms with Crippen molar-refractivity contribution in [2.45, 2.75) is 40.7 Å². The normalized spacial score (nSPS) is 12.2. The van der Waals surface area contributed by atoms with E-state index < -0.39 is 0 Å². The summed E-state index contributed by atoms with van der Waals surface area (Å²) in [4.78, 5) is 4.63. The Morgan fingerprint density at radius 1 is 1.19 bits per heavy atom. The molecular formula is C17H24ClFN2. The maximum Gasteiger partial charge on any atom is 0.125 e. The summed E-state index contributed by atoms with van der Waals surface area (Å²) in [5.41, 5.74) is 1.73. The topological polar surface area (TPSA) is 17.8 Å². The summed E-state index contributed by atoms with van der Waals surface area (Å²) >= 11 is 5.90. The van der Waals surface area contributed by atoms with Crippen molar-refractivity contribution < 1.29 is 4.39 Å². The summed E-state index contributed by atoms with van der Waals surface area (Å²) in [5.74, 6) is 2.93. The van der Waals surface area contributed by atoms with E-state index in [4.69, 9.17) is 11.6 Å². The molecule has 4 heteroatoms. The Morgan fingerprint density at radius 2 is 1.86 bits per heavy atom. The van der Waals surface area contributed by atoms with Crippen LogP contribution in [-0.4, -0.2) is 15.4 Å². The zero-order chi connectivity index (χ0) is 15.6. The summed E-state index contributed by atoms with van der Waals surface area (Å²) in [7, 11) is 0. The molecule has 1 aromatic carbocycles. The minimum Gasteiger partial charge on any atom is -0.328 e. The highest BCUT2D eigenvalue weighted by atomic mass is 35.5. The van der Waals surface area contributed by atoms with Gasteiger partial charge in [-0.15, -0.1) is 11.6 Å². The highest BCUT2D eigenvalue weighted by Crippen LogP contribution is 2.26. The van der Waals surface area contributed by atoms with Crippen LogP contribution in [0, 0.1) is 23.6 Å².